The number of aromatic nitrogens is 1. The molecule has 0 saturated heterocycles. The second-order valence-electron chi connectivity index (χ2n) is 3.33. The molecule has 1 rings (SSSR count). The van der Waals surface area contributed by atoms with Gasteiger partial charge in [0.15, 0.2) is 0 Å². The lowest BCUT2D eigenvalue weighted by Gasteiger charge is -2.17. The molecule has 16 heavy (non-hydrogen) atoms. The molecular formula is C10H16N4O2. The van der Waals surface area contributed by atoms with Crippen LogP contribution in [0.5, 0.6) is 0 Å². The number of primary amides is 1. The summed E-state index contributed by atoms with van der Waals surface area (Å²) in [6.45, 7) is 0.923. The van der Waals surface area contributed by atoms with Gasteiger partial charge in [-0.25, -0.2) is 0 Å². The number of anilines is 1. The number of pyridine rings is 1. The molecule has 0 bridgehead atoms. The minimum Gasteiger partial charge on any atom is -0.383 e. The average Bonchev–Trinajstić information content (AvgIpc) is 2.29. The van der Waals surface area contributed by atoms with E-state index in [4.69, 9.17) is 16.2 Å². The molecule has 0 aliphatic carbocycles. The maximum absolute atomic E-state index is 10.9. The summed E-state index contributed by atoms with van der Waals surface area (Å²) in [5, 5.41) is 3.13. The topological polar surface area (TPSA) is 103 Å². The Morgan fingerprint density at radius 1 is 1.69 bits per heavy atom. The lowest BCUT2D eigenvalue weighted by Crippen LogP contribution is -2.33. The van der Waals surface area contributed by atoms with E-state index >= 15 is 0 Å². The first kappa shape index (κ1) is 12.4. The van der Waals surface area contributed by atoms with Gasteiger partial charge in [0, 0.05) is 25.5 Å². The third-order valence-corrected chi connectivity index (χ3v) is 2.04. The molecule has 0 radical (unpaired) electrons. The van der Waals surface area contributed by atoms with Crippen molar-refractivity contribution in [1.29, 1.82) is 0 Å². The first-order chi connectivity index (χ1) is 7.67. The van der Waals surface area contributed by atoms with Gasteiger partial charge in [-0.3, -0.25) is 9.78 Å². The van der Waals surface area contributed by atoms with Crippen molar-refractivity contribution >= 4 is 11.6 Å². The van der Waals surface area contributed by atoms with Crippen LogP contribution in [-0.2, 0) is 4.74 Å². The maximum Gasteiger partial charge on any atom is 0.267 e. The Morgan fingerprint density at radius 2 is 2.44 bits per heavy atom. The van der Waals surface area contributed by atoms with Crippen LogP contribution >= 0.6 is 0 Å². The van der Waals surface area contributed by atoms with Gasteiger partial charge in [-0.2, -0.15) is 0 Å². The first-order valence-electron chi connectivity index (χ1n) is 4.88. The Morgan fingerprint density at radius 3 is 3.00 bits per heavy atom. The van der Waals surface area contributed by atoms with Crippen molar-refractivity contribution < 1.29 is 9.53 Å². The van der Waals surface area contributed by atoms with Gasteiger partial charge in [-0.05, 0) is 12.1 Å². The number of ether oxygens (including phenoxy) is 1. The van der Waals surface area contributed by atoms with E-state index in [1.165, 1.54) is 6.20 Å². The van der Waals surface area contributed by atoms with Crippen LogP contribution in [0.2, 0.25) is 0 Å². The number of hydrogen-bond acceptors (Lipinski definition) is 5. The molecule has 1 heterocycles. The minimum absolute atomic E-state index is 0.00636. The predicted octanol–water partition coefficient (Wildman–Crippen LogP) is -0.434. The molecular weight excluding hydrogens is 208 g/mol. The smallest absolute Gasteiger partial charge is 0.267 e. The fraction of sp³-hybridized carbons (Fsp3) is 0.400. The van der Waals surface area contributed by atoms with Gasteiger partial charge in [0.05, 0.1) is 12.6 Å². The average molecular weight is 224 g/mol. The SMILES string of the molecule is COCC(CN)Nc1ccnc(C(N)=O)c1. The van der Waals surface area contributed by atoms with E-state index in [0.717, 1.165) is 5.69 Å². The summed E-state index contributed by atoms with van der Waals surface area (Å²) in [5.41, 5.74) is 11.6. The molecule has 1 atom stereocenters. The molecule has 6 heteroatoms. The second-order valence-corrected chi connectivity index (χ2v) is 3.33. The first-order valence-corrected chi connectivity index (χ1v) is 4.88. The van der Waals surface area contributed by atoms with Crippen molar-refractivity contribution in [2.45, 2.75) is 6.04 Å². The van der Waals surface area contributed by atoms with Crippen molar-refractivity contribution in [3.05, 3.63) is 24.0 Å². The van der Waals surface area contributed by atoms with Crippen LogP contribution in [0.3, 0.4) is 0 Å². The molecule has 1 aromatic rings. The van der Waals surface area contributed by atoms with Crippen LogP contribution < -0.4 is 16.8 Å². The molecule has 1 amide bonds. The highest BCUT2D eigenvalue weighted by molar-refractivity contribution is 5.91. The zero-order chi connectivity index (χ0) is 12.0. The van der Waals surface area contributed by atoms with Gasteiger partial charge in [0.25, 0.3) is 5.91 Å². The number of hydrogen-bond donors (Lipinski definition) is 3. The summed E-state index contributed by atoms with van der Waals surface area (Å²) < 4.78 is 5.00. The predicted molar refractivity (Wildman–Crippen MR) is 61.1 cm³/mol. The van der Waals surface area contributed by atoms with Crippen LogP contribution in [0.4, 0.5) is 5.69 Å². The van der Waals surface area contributed by atoms with Gasteiger partial charge in [0.1, 0.15) is 5.69 Å². The monoisotopic (exact) mass is 224 g/mol. The quantitative estimate of drug-likeness (QED) is 0.608. The van der Waals surface area contributed by atoms with Crippen LogP contribution in [0.1, 0.15) is 10.5 Å². The number of nitrogens with two attached hydrogens (primary N) is 2. The number of carbonyl (C=O) groups is 1. The molecule has 0 fully saturated rings. The molecule has 1 unspecified atom stereocenters. The highest BCUT2D eigenvalue weighted by Crippen LogP contribution is 2.09. The summed E-state index contributed by atoms with van der Waals surface area (Å²) >= 11 is 0. The lowest BCUT2D eigenvalue weighted by atomic mass is 10.2. The number of rotatable bonds is 6. The third kappa shape index (κ3) is 3.48. The highest BCUT2D eigenvalue weighted by Gasteiger charge is 2.07. The molecule has 0 spiro atoms. The van der Waals surface area contributed by atoms with Crippen molar-refractivity contribution in [1.82, 2.24) is 4.98 Å². The van der Waals surface area contributed by atoms with E-state index in [1.54, 1.807) is 19.2 Å². The van der Waals surface area contributed by atoms with E-state index in [1.807, 2.05) is 0 Å². The number of nitrogens with zero attached hydrogens (tertiary/aromatic N) is 1. The zero-order valence-electron chi connectivity index (χ0n) is 9.14. The Bertz CT molecular complexity index is 356. The number of nitrogens with one attached hydrogen (secondary N) is 1. The number of amides is 1. The van der Waals surface area contributed by atoms with Crippen molar-refractivity contribution in [3.63, 3.8) is 0 Å². The van der Waals surface area contributed by atoms with Crippen molar-refractivity contribution in [3.8, 4) is 0 Å². The van der Waals surface area contributed by atoms with E-state index < -0.39 is 5.91 Å². The Kier molecular flexibility index (Phi) is 4.68. The molecule has 0 aliphatic heterocycles. The molecule has 0 aliphatic rings. The molecule has 0 saturated carbocycles. The fourth-order valence-electron chi connectivity index (χ4n) is 1.26. The lowest BCUT2D eigenvalue weighted by molar-refractivity contribution is 0.0995. The van der Waals surface area contributed by atoms with Crippen LogP contribution in [0.25, 0.3) is 0 Å². The van der Waals surface area contributed by atoms with Crippen LogP contribution in [0.15, 0.2) is 18.3 Å². The van der Waals surface area contributed by atoms with Gasteiger partial charge in [0.2, 0.25) is 0 Å². The summed E-state index contributed by atoms with van der Waals surface area (Å²) in [4.78, 5) is 14.8. The van der Waals surface area contributed by atoms with E-state index in [9.17, 15) is 4.79 Å². The van der Waals surface area contributed by atoms with E-state index in [2.05, 4.69) is 10.3 Å². The highest BCUT2D eigenvalue weighted by atomic mass is 16.5. The summed E-state index contributed by atoms with van der Waals surface area (Å²) in [5.74, 6) is -0.556. The molecule has 0 aromatic carbocycles. The Balaban J connectivity index is 2.72. The normalized spacial score (nSPS) is 12.1. The summed E-state index contributed by atoms with van der Waals surface area (Å²) in [7, 11) is 1.60. The maximum atomic E-state index is 10.9. The van der Waals surface area contributed by atoms with Crippen LogP contribution in [0, 0.1) is 0 Å². The number of carbonyl (C=O) groups excluding carboxylic acids is 1. The summed E-state index contributed by atoms with van der Waals surface area (Å²) in [6, 6.07) is 3.32. The van der Waals surface area contributed by atoms with E-state index in [-0.39, 0.29) is 11.7 Å². The second kappa shape index (κ2) is 6.04. The zero-order valence-corrected chi connectivity index (χ0v) is 9.14. The minimum atomic E-state index is -0.556. The summed E-state index contributed by atoms with van der Waals surface area (Å²) in [6.07, 6.45) is 1.52. The fourth-order valence-corrected chi connectivity index (χ4v) is 1.26. The van der Waals surface area contributed by atoms with Crippen molar-refractivity contribution in [2.24, 2.45) is 11.5 Å². The van der Waals surface area contributed by atoms with Crippen LogP contribution in [-0.4, -0.2) is 37.2 Å². The Labute approximate surface area is 94.0 Å². The van der Waals surface area contributed by atoms with E-state index in [0.29, 0.717) is 13.2 Å². The Hall–Kier alpha value is -1.66. The third-order valence-electron chi connectivity index (χ3n) is 2.04. The molecule has 5 N–H and O–H groups in total. The standard InChI is InChI=1S/C10H16N4O2/c1-16-6-8(5-11)14-7-2-3-13-9(4-7)10(12)15/h2-4,8H,5-6,11H2,1H3,(H2,12,15)(H,13,14). The number of methoxy groups -OCH3 is 1. The van der Waals surface area contributed by atoms with Gasteiger partial charge in [-0.15, -0.1) is 0 Å². The van der Waals surface area contributed by atoms with Gasteiger partial charge >= 0.3 is 0 Å². The largest absolute Gasteiger partial charge is 0.383 e. The molecule has 1 aromatic heterocycles. The van der Waals surface area contributed by atoms with Gasteiger partial charge < -0.3 is 21.5 Å². The van der Waals surface area contributed by atoms with Gasteiger partial charge in [-0.1, -0.05) is 0 Å². The van der Waals surface area contributed by atoms with Crippen molar-refractivity contribution in [2.75, 3.05) is 25.6 Å². The molecule has 6 nitrogen and oxygen atoms in total. The molecule has 88 valence electrons.